The molecule has 0 atom stereocenters. The van der Waals surface area contributed by atoms with Crippen LogP contribution in [0.5, 0.6) is 5.75 Å². The predicted molar refractivity (Wildman–Crippen MR) is 84.9 cm³/mol. The Kier molecular flexibility index (Phi) is 4.21. The second kappa shape index (κ2) is 6.45. The van der Waals surface area contributed by atoms with Crippen molar-refractivity contribution >= 4 is 29.5 Å². The molecule has 0 saturated heterocycles. The van der Waals surface area contributed by atoms with Crippen molar-refractivity contribution in [3.05, 3.63) is 70.9 Å². The third-order valence-corrected chi connectivity index (χ3v) is 3.20. The molecule has 110 valence electrons. The van der Waals surface area contributed by atoms with Gasteiger partial charge in [-0.1, -0.05) is 41.9 Å². The third kappa shape index (κ3) is 3.54. The molecule has 0 spiro atoms. The van der Waals surface area contributed by atoms with Crippen LogP contribution in [0.2, 0.25) is 5.02 Å². The fourth-order valence-corrected chi connectivity index (χ4v) is 2.02. The first-order valence-electron chi connectivity index (χ1n) is 6.65. The highest BCUT2D eigenvalue weighted by atomic mass is 35.5. The number of carbonyl (C=O) groups is 1. The van der Waals surface area contributed by atoms with E-state index in [-0.39, 0.29) is 18.2 Å². The van der Waals surface area contributed by atoms with Crippen LogP contribution in [-0.4, -0.2) is 18.5 Å². The van der Waals surface area contributed by atoms with Gasteiger partial charge in [0.15, 0.2) is 12.3 Å². The molecular weight excluding hydrogens is 302 g/mol. The van der Waals surface area contributed by atoms with Gasteiger partial charge in [0.2, 0.25) is 5.90 Å². The van der Waals surface area contributed by atoms with E-state index in [2.05, 4.69) is 4.99 Å². The molecule has 0 unspecified atom stereocenters. The van der Waals surface area contributed by atoms with Crippen LogP contribution in [0.1, 0.15) is 5.56 Å². The SMILES string of the molecule is O=C1OC(COc2ccccc2)=N/C1=C/c1ccc(Cl)cc1. The van der Waals surface area contributed by atoms with Gasteiger partial charge < -0.3 is 9.47 Å². The van der Waals surface area contributed by atoms with Crippen LogP contribution in [0.3, 0.4) is 0 Å². The minimum Gasteiger partial charge on any atom is -0.484 e. The number of hydrogen-bond donors (Lipinski definition) is 0. The van der Waals surface area contributed by atoms with Crippen LogP contribution in [0.25, 0.3) is 6.08 Å². The summed E-state index contributed by atoms with van der Waals surface area (Å²) in [6.07, 6.45) is 1.65. The molecule has 0 radical (unpaired) electrons. The van der Waals surface area contributed by atoms with Crippen molar-refractivity contribution in [3.63, 3.8) is 0 Å². The van der Waals surface area contributed by atoms with Crippen molar-refractivity contribution < 1.29 is 14.3 Å². The highest BCUT2D eigenvalue weighted by molar-refractivity contribution is 6.30. The minimum atomic E-state index is -0.485. The Balaban J connectivity index is 1.70. The molecule has 0 bridgehead atoms. The monoisotopic (exact) mass is 313 g/mol. The van der Waals surface area contributed by atoms with E-state index < -0.39 is 5.97 Å². The molecule has 4 nitrogen and oxygen atoms in total. The van der Waals surface area contributed by atoms with Crippen LogP contribution in [0.15, 0.2) is 65.3 Å². The molecule has 2 aromatic rings. The normalized spacial score (nSPS) is 15.6. The van der Waals surface area contributed by atoms with E-state index in [1.165, 1.54) is 0 Å². The summed E-state index contributed by atoms with van der Waals surface area (Å²) in [7, 11) is 0. The topological polar surface area (TPSA) is 47.9 Å². The largest absolute Gasteiger partial charge is 0.484 e. The van der Waals surface area contributed by atoms with Crippen LogP contribution in [0, 0.1) is 0 Å². The van der Waals surface area contributed by atoms with Gasteiger partial charge in [0.25, 0.3) is 0 Å². The first-order valence-corrected chi connectivity index (χ1v) is 7.03. The molecule has 1 aliphatic rings. The number of benzene rings is 2. The number of hydrogen-bond acceptors (Lipinski definition) is 4. The molecule has 0 aromatic heterocycles. The fourth-order valence-electron chi connectivity index (χ4n) is 1.89. The van der Waals surface area contributed by atoms with Crippen LogP contribution in [0.4, 0.5) is 0 Å². The van der Waals surface area contributed by atoms with E-state index in [9.17, 15) is 4.79 Å². The number of para-hydroxylation sites is 1. The minimum absolute atomic E-state index is 0.105. The van der Waals surface area contributed by atoms with Gasteiger partial charge in [-0.15, -0.1) is 0 Å². The molecule has 0 N–H and O–H groups in total. The lowest BCUT2D eigenvalue weighted by atomic mass is 10.2. The summed E-state index contributed by atoms with van der Waals surface area (Å²) in [4.78, 5) is 15.9. The molecule has 1 aliphatic heterocycles. The summed E-state index contributed by atoms with van der Waals surface area (Å²) in [5, 5.41) is 0.636. The summed E-state index contributed by atoms with van der Waals surface area (Å²) in [5.74, 6) is 0.451. The maximum Gasteiger partial charge on any atom is 0.363 e. The summed E-state index contributed by atoms with van der Waals surface area (Å²) in [6.45, 7) is 0.105. The van der Waals surface area contributed by atoms with E-state index in [1.54, 1.807) is 30.3 Å². The van der Waals surface area contributed by atoms with Crippen molar-refractivity contribution in [2.24, 2.45) is 4.99 Å². The quantitative estimate of drug-likeness (QED) is 0.638. The average molecular weight is 314 g/mol. The zero-order valence-corrected chi connectivity index (χ0v) is 12.3. The van der Waals surface area contributed by atoms with E-state index in [0.29, 0.717) is 10.8 Å². The lowest BCUT2D eigenvalue weighted by Gasteiger charge is -2.03. The van der Waals surface area contributed by atoms with Gasteiger partial charge in [0.1, 0.15) is 5.75 Å². The molecule has 1 heterocycles. The molecule has 22 heavy (non-hydrogen) atoms. The van der Waals surface area contributed by atoms with Gasteiger partial charge in [-0.3, -0.25) is 0 Å². The number of aliphatic imine (C=N–C) groups is 1. The van der Waals surface area contributed by atoms with Crippen molar-refractivity contribution in [1.82, 2.24) is 0 Å². The first kappa shape index (κ1) is 14.4. The fraction of sp³-hybridized carbons (Fsp3) is 0.0588. The maximum absolute atomic E-state index is 11.8. The van der Waals surface area contributed by atoms with Crippen LogP contribution in [-0.2, 0) is 9.53 Å². The lowest BCUT2D eigenvalue weighted by Crippen LogP contribution is -2.13. The van der Waals surface area contributed by atoms with E-state index in [1.807, 2.05) is 30.3 Å². The first-order chi connectivity index (χ1) is 10.7. The highest BCUT2D eigenvalue weighted by Crippen LogP contribution is 2.18. The molecule has 0 amide bonds. The Bertz CT molecular complexity index is 736. The standard InChI is InChI=1S/C17H12ClNO3/c18-13-8-6-12(7-9-13)10-15-17(20)22-16(19-15)11-21-14-4-2-1-3-5-14/h1-10H,11H2/b15-10+. The zero-order valence-electron chi connectivity index (χ0n) is 11.5. The van der Waals surface area contributed by atoms with Crippen LogP contribution >= 0.6 is 11.6 Å². The Hall–Kier alpha value is -2.59. The van der Waals surface area contributed by atoms with Gasteiger partial charge in [-0.05, 0) is 35.9 Å². The molecule has 0 saturated carbocycles. The number of rotatable bonds is 4. The van der Waals surface area contributed by atoms with Crippen molar-refractivity contribution in [3.8, 4) is 5.75 Å². The second-order valence-electron chi connectivity index (χ2n) is 4.58. The van der Waals surface area contributed by atoms with E-state index >= 15 is 0 Å². The van der Waals surface area contributed by atoms with Crippen molar-refractivity contribution in [2.45, 2.75) is 0 Å². The molecule has 0 aliphatic carbocycles. The summed E-state index contributed by atoms with van der Waals surface area (Å²) >= 11 is 5.82. The third-order valence-electron chi connectivity index (χ3n) is 2.94. The Morgan fingerprint density at radius 2 is 1.82 bits per heavy atom. The number of halogens is 1. The smallest absolute Gasteiger partial charge is 0.363 e. The van der Waals surface area contributed by atoms with Gasteiger partial charge in [0, 0.05) is 5.02 Å². The summed E-state index contributed by atoms with van der Waals surface area (Å²) < 4.78 is 10.6. The molecule has 0 fully saturated rings. The second-order valence-corrected chi connectivity index (χ2v) is 5.01. The maximum atomic E-state index is 11.8. The van der Waals surface area contributed by atoms with Crippen LogP contribution < -0.4 is 4.74 Å². The number of esters is 1. The zero-order chi connectivity index (χ0) is 15.4. The van der Waals surface area contributed by atoms with Crippen molar-refractivity contribution in [1.29, 1.82) is 0 Å². The van der Waals surface area contributed by atoms with Gasteiger partial charge in [0.05, 0.1) is 0 Å². The average Bonchev–Trinajstić information content (AvgIpc) is 2.89. The predicted octanol–water partition coefficient (Wildman–Crippen LogP) is 3.72. The molecule has 5 heteroatoms. The molecule has 2 aromatic carbocycles. The Morgan fingerprint density at radius 1 is 1.09 bits per heavy atom. The molecule has 3 rings (SSSR count). The highest BCUT2D eigenvalue weighted by Gasteiger charge is 2.23. The summed E-state index contributed by atoms with van der Waals surface area (Å²) in [5.41, 5.74) is 1.07. The Morgan fingerprint density at radius 3 is 2.55 bits per heavy atom. The number of carbonyl (C=O) groups excluding carboxylic acids is 1. The van der Waals surface area contributed by atoms with Crippen molar-refractivity contribution in [2.75, 3.05) is 6.61 Å². The Labute approximate surface area is 132 Å². The number of nitrogens with zero attached hydrogens (tertiary/aromatic N) is 1. The number of ether oxygens (including phenoxy) is 2. The lowest BCUT2D eigenvalue weighted by molar-refractivity contribution is -0.130. The van der Waals surface area contributed by atoms with Gasteiger partial charge >= 0.3 is 5.97 Å². The van der Waals surface area contributed by atoms with Gasteiger partial charge in [-0.2, -0.15) is 0 Å². The number of cyclic esters (lactones) is 1. The molecular formula is C17H12ClNO3. The summed E-state index contributed by atoms with van der Waals surface area (Å²) in [6, 6.07) is 16.4. The van der Waals surface area contributed by atoms with E-state index in [0.717, 1.165) is 5.56 Å². The van der Waals surface area contributed by atoms with E-state index in [4.69, 9.17) is 21.1 Å². The van der Waals surface area contributed by atoms with Gasteiger partial charge in [-0.25, -0.2) is 9.79 Å².